The summed E-state index contributed by atoms with van der Waals surface area (Å²) in [7, 11) is 0. The Hall–Kier alpha value is -2.12. The standard InChI is InChI=1S/C14H16F3N5/c15-14(16,17)12-5-7-22(21-12)8-6-18-13-10-3-1-2-4-11(10)19-9-20-13/h5,7,9H,1-4,6,8H2,(H,18,19,20). The van der Waals surface area contributed by atoms with Crippen LogP contribution in [-0.2, 0) is 25.6 Å². The zero-order chi connectivity index (χ0) is 15.6. The minimum absolute atomic E-state index is 0.342. The van der Waals surface area contributed by atoms with Gasteiger partial charge in [-0.2, -0.15) is 18.3 Å². The molecule has 1 aliphatic rings. The number of fused-ring (bicyclic) bond motifs is 1. The first-order valence-electron chi connectivity index (χ1n) is 7.21. The van der Waals surface area contributed by atoms with Gasteiger partial charge in [0.05, 0.1) is 6.54 Å². The number of nitrogens with one attached hydrogen (secondary N) is 1. The van der Waals surface area contributed by atoms with Gasteiger partial charge in [-0.05, 0) is 31.7 Å². The van der Waals surface area contributed by atoms with Gasteiger partial charge in [-0.1, -0.05) is 0 Å². The molecule has 0 fully saturated rings. The maximum Gasteiger partial charge on any atom is 0.435 e. The number of halogens is 3. The molecular formula is C14H16F3N5. The predicted molar refractivity (Wildman–Crippen MR) is 74.4 cm³/mol. The highest BCUT2D eigenvalue weighted by molar-refractivity contribution is 5.46. The highest BCUT2D eigenvalue weighted by Crippen LogP contribution is 2.27. The molecule has 0 aromatic carbocycles. The highest BCUT2D eigenvalue weighted by atomic mass is 19.4. The molecule has 5 nitrogen and oxygen atoms in total. The molecule has 0 atom stereocenters. The van der Waals surface area contributed by atoms with Gasteiger partial charge in [0.2, 0.25) is 0 Å². The van der Waals surface area contributed by atoms with E-state index in [2.05, 4.69) is 20.4 Å². The first-order valence-corrected chi connectivity index (χ1v) is 7.21. The molecule has 1 N–H and O–H groups in total. The van der Waals surface area contributed by atoms with E-state index in [0.29, 0.717) is 13.1 Å². The molecule has 22 heavy (non-hydrogen) atoms. The predicted octanol–water partition coefficient (Wildman–Crippen LogP) is 2.68. The van der Waals surface area contributed by atoms with Crippen LogP contribution in [0.3, 0.4) is 0 Å². The van der Waals surface area contributed by atoms with E-state index in [0.717, 1.165) is 48.8 Å². The van der Waals surface area contributed by atoms with Gasteiger partial charge < -0.3 is 5.32 Å². The second kappa shape index (κ2) is 5.94. The average molecular weight is 311 g/mol. The molecule has 0 bridgehead atoms. The van der Waals surface area contributed by atoms with E-state index in [-0.39, 0.29) is 0 Å². The topological polar surface area (TPSA) is 55.6 Å². The molecule has 3 rings (SSSR count). The van der Waals surface area contributed by atoms with Crippen LogP contribution in [0.25, 0.3) is 0 Å². The van der Waals surface area contributed by atoms with Crippen molar-refractivity contribution in [1.82, 2.24) is 19.7 Å². The molecule has 0 spiro atoms. The van der Waals surface area contributed by atoms with Gasteiger partial charge in [0.15, 0.2) is 5.69 Å². The van der Waals surface area contributed by atoms with Crippen molar-refractivity contribution in [3.8, 4) is 0 Å². The van der Waals surface area contributed by atoms with Crippen molar-refractivity contribution >= 4 is 5.82 Å². The molecule has 0 saturated heterocycles. The third-order valence-corrected chi connectivity index (χ3v) is 3.69. The first kappa shape index (κ1) is 14.8. The SMILES string of the molecule is FC(F)(F)c1ccn(CCNc2ncnc3c2CCCC3)n1. The Morgan fingerprint density at radius 1 is 1.18 bits per heavy atom. The number of hydrogen-bond acceptors (Lipinski definition) is 4. The molecular weight excluding hydrogens is 295 g/mol. The van der Waals surface area contributed by atoms with Gasteiger partial charge in [-0.15, -0.1) is 0 Å². The van der Waals surface area contributed by atoms with Crippen molar-refractivity contribution in [3.63, 3.8) is 0 Å². The summed E-state index contributed by atoms with van der Waals surface area (Å²) in [6, 6.07) is 0.979. The Kier molecular flexibility index (Phi) is 4.00. The van der Waals surface area contributed by atoms with Gasteiger partial charge >= 0.3 is 6.18 Å². The van der Waals surface area contributed by atoms with E-state index in [1.807, 2.05) is 0 Å². The van der Waals surface area contributed by atoms with Crippen LogP contribution in [0, 0.1) is 0 Å². The highest BCUT2D eigenvalue weighted by Gasteiger charge is 2.33. The normalized spacial score (nSPS) is 14.7. The fourth-order valence-corrected chi connectivity index (χ4v) is 2.60. The van der Waals surface area contributed by atoms with E-state index >= 15 is 0 Å². The molecule has 0 amide bonds. The van der Waals surface area contributed by atoms with Crippen molar-refractivity contribution in [2.24, 2.45) is 0 Å². The zero-order valence-electron chi connectivity index (χ0n) is 11.9. The summed E-state index contributed by atoms with van der Waals surface area (Å²) in [6.45, 7) is 0.803. The number of rotatable bonds is 4. The summed E-state index contributed by atoms with van der Waals surface area (Å²) in [6.07, 6.45) is 2.62. The summed E-state index contributed by atoms with van der Waals surface area (Å²) >= 11 is 0. The molecule has 8 heteroatoms. The van der Waals surface area contributed by atoms with E-state index in [1.54, 1.807) is 0 Å². The second-order valence-corrected chi connectivity index (χ2v) is 5.24. The molecule has 2 aromatic rings. The van der Waals surface area contributed by atoms with Crippen LogP contribution in [0.1, 0.15) is 29.8 Å². The van der Waals surface area contributed by atoms with Crippen LogP contribution in [-0.4, -0.2) is 26.3 Å². The number of nitrogens with zero attached hydrogens (tertiary/aromatic N) is 4. The summed E-state index contributed by atoms with van der Waals surface area (Å²) in [4.78, 5) is 8.52. The molecule has 1 aliphatic carbocycles. The van der Waals surface area contributed by atoms with Crippen LogP contribution in [0.5, 0.6) is 0 Å². The summed E-state index contributed by atoms with van der Waals surface area (Å²) in [5.74, 6) is 0.785. The van der Waals surface area contributed by atoms with Gasteiger partial charge in [0.1, 0.15) is 12.1 Å². The number of alkyl halides is 3. The van der Waals surface area contributed by atoms with Gasteiger partial charge in [-0.25, -0.2) is 9.97 Å². The third kappa shape index (κ3) is 3.20. The number of anilines is 1. The lowest BCUT2D eigenvalue weighted by Gasteiger charge is -2.18. The lowest BCUT2D eigenvalue weighted by molar-refractivity contribution is -0.141. The van der Waals surface area contributed by atoms with Crippen molar-refractivity contribution < 1.29 is 13.2 Å². The monoisotopic (exact) mass is 311 g/mol. The van der Waals surface area contributed by atoms with Crippen LogP contribution in [0.4, 0.5) is 19.0 Å². The molecule has 0 saturated carbocycles. The van der Waals surface area contributed by atoms with Crippen molar-refractivity contribution in [1.29, 1.82) is 0 Å². The Labute approximate surface area is 125 Å². The minimum Gasteiger partial charge on any atom is -0.368 e. The molecule has 2 aromatic heterocycles. The van der Waals surface area contributed by atoms with E-state index in [1.165, 1.54) is 17.2 Å². The van der Waals surface area contributed by atoms with Gasteiger partial charge in [0.25, 0.3) is 0 Å². The lowest BCUT2D eigenvalue weighted by atomic mass is 9.96. The van der Waals surface area contributed by atoms with E-state index < -0.39 is 11.9 Å². The molecule has 2 heterocycles. The first-order chi connectivity index (χ1) is 10.5. The lowest BCUT2D eigenvalue weighted by Crippen LogP contribution is -2.16. The Morgan fingerprint density at radius 2 is 2.00 bits per heavy atom. The molecule has 118 valence electrons. The van der Waals surface area contributed by atoms with Crippen LogP contribution >= 0.6 is 0 Å². The van der Waals surface area contributed by atoms with Crippen LogP contribution in [0.15, 0.2) is 18.6 Å². The van der Waals surface area contributed by atoms with E-state index in [9.17, 15) is 13.2 Å². The van der Waals surface area contributed by atoms with Gasteiger partial charge in [-0.3, -0.25) is 4.68 Å². The summed E-state index contributed by atoms with van der Waals surface area (Å²) < 4.78 is 38.7. The van der Waals surface area contributed by atoms with Crippen molar-refractivity contribution in [3.05, 3.63) is 35.5 Å². The number of hydrogen-bond donors (Lipinski definition) is 1. The smallest absolute Gasteiger partial charge is 0.368 e. The molecule has 0 aliphatic heterocycles. The summed E-state index contributed by atoms with van der Waals surface area (Å²) in [5, 5.41) is 6.70. The average Bonchev–Trinajstić information content (AvgIpc) is 2.97. The maximum absolute atomic E-state index is 12.5. The largest absolute Gasteiger partial charge is 0.435 e. The minimum atomic E-state index is -4.40. The number of aryl methyl sites for hydroxylation is 1. The van der Waals surface area contributed by atoms with E-state index in [4.69, 9.17) is 0 Å². The maximum atomic E-state index is 12.5. The fourth-order valence-electron chi connectivity index (χ4n) is 2.60. The number of aromatic nitrogens is 4. The van der Waals surface area contributed by atoms with Gasteiger partial charge in [0, 0.05) is 24.0 Å². The quantitative estimate of drug-likeness (QED) is 0.943. The van der Waals surface area contributed by atoms with Crippen molar-refractivity contribution in [2.45, 2.75) is 38.4 Å². The molecule has 0 radical (unpaired) electrons. The Morgan fingerprint density at radius 3 is 2.77 bits per heavy atom. The van der Waals surface area contributed by atoms with Crippen LogP contribution in [0.2, 0.25) is 0 Å². The third-order valence-electron chi connectivity index (χ3n) is 3.69. The fraction of sp³-hybridized carbons (Fsp3) is 0.500. The second-order valence-electron chi connectivity index (χ2n) is 5.24. The Bertz CT molecular complexity index is 650. The zero-order valence-corrected chi connectivity index (χ0v) is 11.9. The molecule has 0 unspecified atom stereocenters. The van der Waals surface area contributed by atoms with Crippen LogP contribution < -0.4 is 5.32 Å². The Balaban J connectivity index is 1.61. The summed E-state index contributed by atoms with van der Waals surface area (Å²) in [5.41, 5.74) is 1.33. The van der Waals surface area contributed by atoms with Crippen molar-refractivity contribution in [2.75, 3.05) is 11.9 Å².